The molecule has 1 heterocycles. The minimum absolute atomic E-state index is 0.516. The zero-order valence-corrected chi connectivity index (χ0v) is 13.9. The van der Waals surface area contributed by atoms with Gasteiger partial charge in [0, 0.05) is 17.9 Å². The quantitative estimate of drug-likeness (QED) is 0.836. The van der Waals surface area contributed by atoms with E-state index in [9.17, 15) is 0 Å². The number of nitrogens with zero attached hydrogens (tertiary/aromatic N) is 2. The Bertz CT molecular complexity index is 659. The van der Waals surface area contributed by atoms with Crippen LogP contribution >= 0.6 is 11.6 Å². The van der Waals surface area contributed by atoms with Crippen LogP contribution in [0.25, 0.3) is 0 Å². The minimum Gasteiger partial charge on any atom is -0.495 e. The van der Waals surface area contributed by atoms with E-state index in [1.54, 1.807) is 19.4 Å². The summed E-state index contributed by atoms with van der Waals surface area (Å²) in [5, 5.41) is 7.22. The van der Waals surface area contributed by atoms with Crippen LogP contribution in [-0.4, -0.2) is 23.1 Å². The second-order valence-electron chi connectivity index (χ2n) is 5.72. The summed E-state index contributed by atoms with van der Waals surface area (Å²) in [5.41, 5.74) is 0.825. The van der Waals surface area contributed by atoms with Crippen molar-refractivity contribution in [2.45, 2.75) is 38.1 Å². The number of benzene rings is 1. The number of hydrogen-bond acceptors (Lipinski definition) is 5. The van der Waals surface area contributed by atoms with Crippen molar-refractivity contribution in [2.75, 3.05) is 17.7 Å². The summed E-state index contributed by atoms with van der Waals surface area (Å²) in [6, 6.07) is 7.91. The number of halogens is 1. The second kappa shape index (κ2) is 7.51. The summed E-state index contributed by atoms with van der Waals surface area (Å²) in [6.07, 6.45) is 8.09. The summed E-state index contributed by atoms with van der Waals surface area (Å²) in [5.74, 6) is 2.05. The molecule has 3 rings (SSSR count). The Balaban J connectivity index is 1.68. The molecule has 1 aliphatic carbocycles. The lowest BCUT2D eigenvalue weighted by Gasteiger charge is -2.23. The van der Waals surface area contributed by atoms with E-state index < -0.39 is 0 Å². The Kier molecular flexibility index (Phi) is 5.18. The predicted molar refractivity (Wildman–Crippen MR) is 93.8 cm³/mol. The third-order valence-corrected chi connectivity index (χ3v) is 4.32. The highest BCUT2D eigenvalue weighted by molar-refractivity contribution is 6.32. The van der Waals surface area contributed by atoms with Gasteiger partial charge in [-0.05, 0) is 37.1 Å². The van der Waals surface area contributed by atoms with Crippen LogP contribution < -0.4 is 15.4 Å². The first-order chi connectivity index (χ1) is 11.2. The Morgan fingerprint density at radius 1 is 1.17 bits per heavy atom. The fraction of sp³-hybridized carbons (Fsp3) is 0.412. The van der Waals surface area contributed by atoms with E-state index in [-0.39, 0.29) is 0 Å². The van der Waals surface area contributed by atoms with Gasteiger partial charge < -0.3 is 15.4 Å². The van der Waals surface area contributed by atoms with Crippen LogP contribution in [0.1, 0.15) is 32.1 Å². The van der Waals surface area contributed by atoms with Gasteiger partial charge >= 0.3 is 0 Å². The van der Waals surface area contributed by atoms with Crippen LogP contribution in [0.2, 0.25) is 5.02 Å². The fourth-order valence-electron chi connectivity index (χ4n) is 2.83. The van der Waals surface area contributed by atoms with Crippen LogP contribution in [0.5, 0.6) is 5.75 Å². The normalized spacial score (nSPS) is 15.2. The molecule has 0 radical (unpaired) electrons. The molecule has 1 fully saturated rings. The summed E-state index contributed by atoms with van der Waals surface area (Å²) in [6.45, 7) is 0. The van der Waals surface area contributed by atoms with Gasteiger partial charge in [-0.3, -0.25) is 0 Å². The molecular weight excluding hydrogens is 312 g/mol. The minimum atomic E-state index is 0.516. The van der Waals surface area contributed by atoms with E-state index in [0.29, 0.717) is 22.8 Å². The average molecular weight is 333 g/mol. The lowest BCUT2D eigenvalue weighted by atomic mass is 9.95. The van der Waals surface area contributed by atoms with Gasteiger partial charge in [-0.1, -0.05) is 30.9 Å². The maximum absolute atomic E-state index is 6.14. The molecule has 5 nitrogen and oxygen atoms in total. The Labute approximate surface area is 141 Å². The third-order valence-electron chi connectivity index (χ3n) is 4.02. The van der Waals surface area contributed by atoms with E-state index in [1.807, 2.05) is 18.2 Å². The molecule has 6 heteroatoms. The molecule has 2 aromatic rings. The molecule has 1 aromatic heterocycles. The maximum Gasteiger partial charge on any atom is 0.229 e. The van der Waals surface area contributed by atoms with Gasteiger partial charge in [0.1, 0.15) is 11.6 Å². The van der Waals surface area contributed by atoms with Gasteiger partial charge in [0.2, 0.25) is 5.95 Å². The van der Waals surface area contributed by atoms with Crippen molar-refractivity contribution in [3.05, 3.63) is 35.5 Å². The number of methoxy groups -OCH3 is 1. The van der Waals surface area contributed by atoms with E-state index >= 15 is 0 Å². The highest BCUT2D eigenvalue weighted by Gasteiger charge is 2.13. The molecule has 1 saturated carbocycles. The average Bonchev–Trinajstić information content (AvgIpc) is 2.56. The third kappa shape index (κ3) is 4.26. The van der Waals surface area contributed by atoms with Crippen molar-refractivity contribution in [3.63, 3.8) is 0 Å². The molecule has 1 aromatic carbocycles. The summed E-state index contributed by atoms with van der Waals surface area (Å²) in [7, 11) is 1.60. The zero-order valence-electron chi connectivity index (χ0n) is 13.2. The van der Waals surface area contributed by atoms with E-state index in [2.05, 4.69) is 20.6 Å². The summed E-state index contributed by atoms with van der Waals surface area (Å²) < 4.78 is 5.15. The molecule has 0 amide bonds. The Morgan fingerprint density at radius 2 is 2.00 bits per heavy atom. The molecule has 0 atom stereocenters. The predicted octanol–water partition coefficient (Wildman–Crippen LogP) is 4.63. The maximum atomic E-state index is 6.14. The first-order valence-corrected chi connectivity index (χ1v) is 8.32. The first-order valence-electron chi connectivity index (χ1n) is 7.95. The topological polar surface area (TPSA) is 59.1 Å². The number of ether oxygens (including phenoxy) is 1. The van der Waals surface area contributed by atoms with Crippen molar-refractivity contribution in [1.82, 2.24) is 9.97 Å². The molecule has 1 aliphatic rings. The standard InChI is InChI=1S/C17H21ClN4O/c1-23-15-8-7-13(11-14(15)18)21-17-19-10-9-16(22-17)20-12-5-3-2-4-6-12/h7-12H,2-6H2,1H3,(H2,19,20,21,22). The van der Waals surface area contributed by atoms with Crippen LogP contribution in [0.15, 0.2) is 30.5 Å². The smallest absolute Gasteiger partial charge is 0.229 e. The van der Waals surface area contributed by atoms with Crippen LogP contribution in [0.3, 0.4) is 0 Å². The van der Waals surface area contributed by atoms with E-state index in [1.165, 1.54) is 32.1 Å². The molecule has 0 bridgehead atoms. The number of nitrogens with one attached hydrogen (secondary N) is 2. The molecule has 0 saturated heterocycles. The number of rotatable bonds is 5. The van der Waals surface area contributed by atoms with Gasteiger partial charge in [-0.25, -0.2) is 4.98 Å². The SMILES string of the molecule is COc1ccc(Nc2nccc(NC3CCCCC3)n2)cc1Cl. The molecular formula is C17H21ClN4O. The molecule has 2 N–H and O–H groups in total. The van der Waals surface area contributed by atoms with Gasteiger partial charge in [0.25, 0.3) is 0 Å². The fourth-order valence-corrected chi connectivity index (χ4v) is 3.09. The lowest BCUT2D eigenvalue weighted by molar-refractivity contribution is 0.415. The first kappa shape index (κ1) is 15.9. The monoisotopic (exact) mass is 332 g/mol. The lowest BCUT2D eigenvalue weighted by Crippen LogP contribution is -2.22. The molecule has 23 heavy (non-hydrogen) atoms. The van der Waals surface area contributed by atoms with Crippen molar-refractivity contribution < 1.29 is 4.74 Å². The van der Waals surface area contributed by atoms with Crippen molar-refractivity contribution in [2.24, 2.45) is 0 Å². The van der Waals surface area contributed by atoms with E-state index in [0.717, 1.165) is 11.5 Å². The molecule has 0 aliphatic heterocycles. The second-order valence-corrected chi connectivity index (χ2v) is 6.13. The Hall–Kier alpha value is -2.01. The Morgan fingerprint density at radius 3 is 2.74 bits per heavy atom. The van der Waals surface area contributed by atoms with Crippen LogP contribution in [-0.2, 0) is 0 Å². The number of hydrogen-bond donors (Lipinski definition) is 2. The molecule has 0 unspecified atom stereocenters. The van der Waals surface area contributed by atoms with Crippen LogP contribution in [0.4, 0.5) is 17.5 Å². The van der Waals surface area contributed by atoms with Gasteiger partial charge in [0.15, 0.2) is 0 Å². The molecule has 122 valence electrons. The van der Waals surface area contributed by atoms with Gasteiger partial charge in [-0.2, -0.15) is 4.98 Å². The van der Waals surface area contributed by atoms with Crippen LogP contribution in [0, 0.1) is 0 Å². The zero-order chi connectivity index (χ0) is 16.1. The van der Waals surface area contributed by atoms with Gasteiger partial charge in [0.05, 0.1) is 12.1 Å². The summed E-state index contributed by atoms with van der Waals surface area (Å²) >= 11 is 6.14. The largest absolute Gasteiger partial charge is 0.495 e. The van der Waals surface area contributed by atoms with Gasteiger partial charge in [-0.15, -0.1) is 0 Å². The number of aromatic nitrogens is 2. The van der Waals surface area contributed by atoms with E-state index in [4.69, 9.17) is 16.3 Å². The van der Waals surface area contributed by atoms with Crippen molar-refractivity contribution >= 4 is 29.1 Å². The highest BCUT2D eigenvalue weighted by atomic mass is 35.5. The number of anilines is 3. The van der Waals surface area contributed by atoms with Crippen molar-refractivity contribution in [3.8, 4) is 5.75 Å². The highest BCUT2D eigenvalue weighted by Crippen LogP contribution is 2.28. The van der Waals surface area contributed by atoms with Crippen molar-refractivity contribution in [1.29, 1.82) is 0 Å². The molecule has 0 spiro atoms. The summed E-state index contributed by atoms with van der Waals surface area (Å²) in [4.78, 5) is 8.79.